The molecule has 0 amide bonds. The topological polar surface area (TPSA) is 167 Å². The van der Waals surface area contributed by atoms with Crippen molar-refractivity contribution in [2.45, 2.75) is 178 Å². The first-order chi connectivity index (χ1) is 25.1. The highest BCUT2D eigenvalue weighted by Gasteiger charge is 2.57. The van der Waals surface area contributed by atoms with Gasteiger partial charge in [0.1, 0.15) is 6.10 Å². The van der Waals surface area contributed by atoms with Crippen molar-refractivity contribution in [3.63, 3.8) is 0 Å². The summed E-state index contributed by atoms with van der Waals surface area (Å²) in [6, 6.07) is 0. The van der Waals surface area contributed by atoms with Crippen molar-refractivity contribution in [2.75, 3.05) is 7.11 Å². The van der Waals surface area contributed by atoms with E-state index in [2.05, 4.69) is 13.5 Å². The predicted octanol–water partition coefficient (Wildman–Crippen LogP) is 5.46. The van der Waals surface area contributed by atoms with Crippen molar-refractivity contribution >= 4 is 17.9 Å². The summed E-state index contributed by atoms with van der Waals surface area (Å²) in [7, 11) is 1.23. The van der Waals surface area contributed by atoms with E-state index in [4.69, 9.17) is 28.4 Å². The molecule has 0 aliphatic carbocycles. The van der Waals surface area contributed by atoms with Gasteiger partial charge in [-0.3, -0.25) is 9.59 Å². The maximum Gasteiger partial charge on any atom is 0.330 e. The van der Waals surface area contributed by atoms with Crippen LogP contribution in [-0.4, -0.2) is 101 Å². The van der Waals surface area contributed by atoms with E-state index in [1.165, 1.54) is 20.1 Å². The molecule has 2 fully saturated rings. The van der Waals surface area contributed by atoms with Crippen molar-refractivity contribution in [2.24, 2.45) is 5.41 Å². The van der Waals surface area contributed by atoms with E-state index < -0.39 is 59.6 Å². The van der Waals surface area contributed by atoms with Crippen LogP contribution in [0.2, 0.25) is 0 Å². The van der Waals surface area contributed by atoms with E-state index in [0.29, 0.717) is 32.1 Å². The Kier molecular flexibility index (Phi) is 15.9. The minimum absolute atomic E-state index is 0.00398. The van der Waals surface area contributed by atoms with Crippen LogP contribution in [0.4, 0.5) is 0 Å². The lowest BCUT2D eigenvalue weighted by Gasteiger charge is -2.51. The number of unbranched alkanes of at least 4 members (excludes halogenated alkanes) is 4. The number of rotatable bonds is 9. The van der Waals surface area contributed by atoms with Gasteiger partial charge in [0.05, 0.1) is 56.3 Å². The maximum absolute atomic E-state index is 13.4. The number of methoxy groups -OCH3 is 1. The van der Waals surface area contributed by atoms with Crippen LogP contribution in [0.1, 0.15) is 118 Å². The fraction of sp³-hybridized carbons (Fsp3) is 0.732. The van der Waals surface area contributed by atoms with Gasteiger partial charge in [-0.05, 0) is 44.6 Å². The number of cyclic esters (lactones) is 1. The van der Waals surface area contributed by atoms with E-state index in [-0.39, 0.29) is 62.1 Å². The first-order valence-electron chi connectivity index (χ1n) is 19.4. The largest absolute Gasteiger partial charge is 0.466 e. The number of ether oxygens (including phenoxy) is 6. The Hall–Kier alpha value is -2.87. The van der Waals surface area contributed by atoms with E-state index >= 15 is 0 Å². The molecule has 3 N–H and O–H groups in total. The van der Waals surface area contributed by atoms with Gasteiger partial charge in [-0.1, -0.05) is 82.9 Å². The van der Waals surface area contributed by atoms with Gasteiger partial charge >= 0.3 is 17.9 Å². The number of aliphatic hydroxyl groups is 3. The Labute approximate surface area is 314 Å². The van der Waals surface area contributed by atoms with Gasteiger partial charge in [-0.2, -0.15) is 0 Å². The zero-order valence-corrected chi connectivity index (χ0v) is 32.2. The fourth-order valence-corrected chi connectivity index (χ4v) is 7.59. The average Bonchev–Trinajstić information content (AvgIpc) is 3.07. The summed E-state index contributed by atoms with van der Waals surface area (Å²) in [6.07, 6.45) is 8.96. The third-order valence-corrected chi connectivity index (χ3v) is 10.6. The van der Waals surface area contributed by atoms with Crippen LogP contribution in [0, 0.1) is 5.41 Å². The third kappa shape index (κ3) is 12.3. The molecule has 0 spiro atoms. The average molecular weight is 747 g/mol. The first-order valence-corrected chi connectivity index (χ1v) is 19.4. The second kappa shape index (κ2) is 19.6. The molecule has 53 heavy (non-hydrogen) atoms. The maximum atomic E-state index is 13.4. The van der Waals surface area contributed by atoms with Crippen LogP contribution in [0.3, 0.4) is 0 Å². The lowest BCUT2D eigenvalue weighted by molar-refractivity contribution is -0.327. The van der Waals surface area contributed by atoms with Crippen LogP contribution in [-0.2, 0) is 42.8 Å². The highest BCUT2D eigenvalue weighted by atomic mass is 16.7. The highest BCUT2D eigenvalue weighted by Crippen LogP contribution is 2.47. The zero-order valence-electron chi connectivity index (χ0n) is 32.2. The van der Waals surface area contributed by atoms with Crippen molar-refractivity contribution in [3.05, 3.63) is 48.1 Å². The van der Waals surface area contributed by atoms with Crippen LogP contribution in [0.15, 0.2) is 48.1 Å². The number of carbonyl (C=O) groups is 3. The van der Waals surface area contributed by atoms with Gasteiger partial charge in [0.2, 0.25) is 5.79 Å². The Morgan fingerprint density at radius 3 is 2.45 bits per heavy atom. The van der Waals surface area contributed by atoms with Crippen molar-refractivity contribution in [1.29, 1.82) is 0 Å². The molecule has 4 heterocycles. The fourth-order valence-electron chi connectivity index (χ4n) is 7.59. The van der Waals surface area contributed by atoms with E-state index in [9.17, 15) is 29.7 Å². The molecule has 10 atom stereocenters. The summed E-state index contributed by atoms with van der Waals surface area (Å²) < 4.78 is 36.0. The smallest absolute Gasteiger partial charge is 0.330 e. The molecule has 0 radical (unpaired) electrons. The molecule has 298 valence electrons. The summed E-state index contributed by atoms with van der Waals surface area (Å²) >= 11 is 0. The molecule has 6 bridgehead atoms. The summed E-state index contributed by atoms with van der Waals surface area (Å²) in [5, 5.41) is 34.4. The minimum Gasteiger partial charge on any atom is -0.466 e. The highest BCUT2D eigenvalue weighted by molar-refractivity contribution is 5.83. The SMILES string of the molecule is C=C1CC2/C=C/C(C)(C)[C@]3(O)O[C@@H](C/C(=C\C(=O)OC)[C@@H]3OC(=O)CCCCCCC)C[C@H]([C@@H](C)O)OC(=O)C[C@H](O)C[C@@H]3CC=C[C@H](C[C@H](C1)O2)O3. The van der Waals surface area contributed by atoms with Crippen LogP contribution in [0.25, 0.3) is 0 Å². The van der Waals surface area contributed by atoms with Crippen LogP contribution >= 0.6 is 0 Å². The molecule has 4 aliphatic rings. The molecule has 1 unspecified atom stereocenters. The van der Waals surface area contributed by atoms with Crippen molar-refractivity contribution < 1.29 is 58.1 Å². The number of fused-ring (bicyclic) bond motifs is 6. The summed E-state index contributed by atoms with van der Waals surface area (Å²) in [5.41, 5.74) is -0.00627. The first kappa shape index (κ1) is 42.9. The minimum atomic E-state index is -2.24. The lowest BCUT2D eigenvalue weighted by atomic mass is 9.74. The monoisotopic (exact) mass is 746 g/mol. The number of aliphatic hydroxyl groups excluding tert-OH is 2. The number of hydrogen-bond donors (Lipinski definition) is 3. The molecule has 0 aromatic carbocycles. The van der Waals surface area contributed by atoms with Gasteiger partial charge in [0.25, 0.3) is 0 Å². The molecular formula is C41H62O12. The normalized spacial score (nSPS) is 35.8. The molecule has 4 rings (SSSR count). The van der Waals surface area contributed by atoms with Gasteiger partial charge in [-0.15, -0.1) is 0 Å². The molecule has 2 saturated heterocycles. The summed E-state index contributed by atoms with van der Waals surface area (Å²) in [4.78, 5) is 39.2. The quantitative estimate of drug-likeness (QED) is 0.0898. The number of hydrogen-bond acceptors (Lipinski definition) is 12. The molecule has 12 heteroatoms. The van der Waals surface area contributed by atoms with Crippen molar-refractivity contribution in [3.8, 4) is 0 Å². The number of carbonyl (C=O) groups excluding carboxylic acids is 3. The lowest BCUT2D eigenvalue weighted by Crippen LogP contribution is -2.62. The van der Waals surface area contributed by atoms with Crippen LogP contribution < -0.4 is 0 Å². The molecule has 0 saturated carbocycles. The Bertz CT molecular complexity index is 1350. The number of esters is 3. The Morgan fingerprint density at radius 1 is 1.00 bits per heavy atom. The predicted molar refractivity (Wildman–Crippen MR) is 196 cm³/mol. The second-order valence-corrected chi connectivity index (χ2v) is 15.7. The second-order valence-electron chi connectivity index (χ2n) is 15.7. The van der Waals surface area contributed by atoms with E-state index in [1.54, 1.807) is 19.9 Å². The van der Waals surface area contributed by atoms with Crippen molar-refractivity contribution in [1.82, 2.24) is 0 Å². The van der Waals surface area contributed by atoms with Gasteiger partial charge < -0.3 is 43.7 Å². The molecule has 4 aliphatic heterocycles. The zero-order chi connectivity index (χ0) is 38.8. The third-order valence-electron chi connectivity index (χ3n) is 10.6. The standard InChI is InChI=1S/C41H62O12/c1-7-8-9-10-11-15-36(44)52-39-28(21-37(45)48-6)20-34-25-35(27(3)42)51-38(46)23-29(43)22-30-13-12-14-31(49-30)24-33-19-26(2)18-32(50-33)16-17-40(4,5)41(39,47)53-34/h12,14,16-17,21,27,29-35,39,42-43,47H,2,7-11,13,15,18-20,22-25H2,1,3-6H3/b17-16+,28-21+/t27-,29-,30+,31-,32?,33+,34+,35-,39+,41-/m1/s1. The summed E-state index contributed by atoms with van der Waals surface area (Å²) in [6.45, 7) is 11.3. The van der Waals surface area contributed by atoms with E-state index in [0.717, 1.165) is 31.3 Å². The van der Waals surface area contributed by atoms with Gasteiger partial charge in [0, 0.05) is 37.2 Å². The molecule has 0 aromatic rings. The van der Waals surface area contributed by atoms with Gasteiger partial charge in [-0.25, -0.2) is 4.79 Å². The molecule has 0 aromatic heterocycles. The molecular weight excluding hydrogens is 684 g/mol. The Morgan fingerprint density at radius 2 is 1.74 bits per heavy atom. The van der Waals surface area contributed by atoms with E-state index in [1.807, 2.05) is 18.2 Å². The molecule has 12 nitrogen and oxygen atoms in total. The Balaban J connectivity index is 1.73. The van der Waals surface area contributed by atoms with Crippen LogP contribution in [0.5, 0.6) is 0 Å². The summed E-state index contributed by atoms with van der Waals surface area (Å²) in [5.74, 6) is -4.22. The van der Waals surface area contributed by atoms with Gasteiger partial charge in [0.15, 0.2) is 6.10 Å².